The van der Waals surface area contributed by atoms with Crippen LogP contribution < -0.4 is 5.32 Å². The molecular formula is C20H18N2O2S2. The van der Waals surface area contributed by atoms with Gasteiger partial charge in [-0.15, -0.1) is 11.3 Å². The SMILES string of the molecule is Cc1ccc(NC(=O)CCn2cc(C(=O)c3ccccc3)sc2=S)cc1. The second-order valence-electron chi connectivity index (χ2n) is 5.91. The number of ketones is 1. The number of anilines is 1. The molecule has 1 heterocycles. The predicted octanol–water partition coefficient (Wildman–Crippen LogP) is 4.85. The van der Waals surface area contributed by atoms with E-state index >= 15 is 0 Å². The smallest absolute Gasteiger partial charge is 0.226 e. The Bertz CT molecular complexity index is 973. The van der Waals surface area contributed by atoms with E-state index in [0.717, 1.165) is 11.3 Å². The maximum atomic E-state index is 12.5. The summed E-state index contributed by atoms with van der Waals surface area (Å²) in [6.45, 7) is 2.44. The minimum absolute atomic E-state index is 0.0513. The molecule has 3 aromatic rings. The Labute approximate surface area is 161 Å². The van der Waals surface area contributed by atoms with Crippen molar-refractivity contribution in [2.45, 2.75) is 19.9 Å². The summed E-state index contributed by atoms with van der Waals surface area (Å²) in [5.74, 6) is -0.137. The Morgan fingerprint density at radius 3 is 2.46 bits per heavy atom. The lowest BCUT2D eigenvalue weighted by Crippen LogP contribution is -2.14. The highest BCUT2D eigenvalue weighted by atomic mass is 32.1. The molecule has 2 aromatic carbocycles. The van der Waals surface area contributed by atoms with Crippen molar-refractivity contribution < 1.29 is 9.59 Å². The number of hydrogen-bond acceptors (Lipinski definition) is 4. The quantitative estimate of drug-likeness (QED) is 0.490. The normalized spacial score (nSPS) is 10.5. The summed E-state index contributed by atoms with van der Waals surface area (Å²) in [4.78, 5) is 25.2. The van der Waals surface area contributed by atoms with Gasteiger partial charge in [-0.25, -0.2) is 0 Å². The number of nitrogens with one attached hydrogen (secondary N) is 1. The number of rotatable bonds is 6. The number of nitrogens with zero attached hydrogens (tertiary/aromatic N) is 1. The van der Waals surface area contributed by atoms with Crippen molar-refractivity contribution in [3.8, 4) is 0 Å². The summed E-state index contributed by atoms with van der Waals surface area (Å²) < 4.78 is 2.37. The number of benzene rings is 2. The van der Waals surface area contributed by atoms with Gasteiger partial charge in [-0.2, -0.15) is 0 Å². The first-order chi connectivity index (χ1) is 12.5. The van der Waals surface area contributed by atoms with E-state index in [1.807, 2.05) is 49.4 Å². The standard InChI is InChI=1S/C20H18N2O2S2/c1-14-7-9-16(10-8-14)21-18(23)11-12-22-13-17(26-20(22)25)19(24)15-5-3-2-4-6-15/h2-10,13H,11-12H2,1H3,(H,21,23). The Hall–Kier alpha value is -2.57. The van der Waals surface area contributed by atoms with E-state index in [1.54, 1.807) is 22.9 Å². The maximum Gasteiger partial charge on any atom is 0.226 e. The van der Waals surface area contributed by atoms with Crippen molar-refractivity contribution in [1.82, 2.24) is 4.57 Å². The zero-order valence-electron chi connectivity index (χ0n) is 14.3. The zero-order chi connectivity index (χ0) is 18.5. The van der Waals surface area contributed by atoms with E-state index in [2.05, 4.69) is 5.32 Å². The van der Waals surface area contributed by atoms with E-state index in [9.17, 15) is 9.59 Å². The molecule has 0 unspecified atom stereocenters. The van der Waals surface area contributed by atoms with Crippen LogP contribution in [0, 0.1) is 10.9 Å². The molecule has 0 aliphatic rings. The first kappa shape index (κ1) is 18.2. The molecule has 0 saturated carbocycles. The third-order valence-electron chi connectivity index (χ3n) is 3.88. The summed E-state index contributed by atoms with van der Waals surface area (Å²) in [6, 6.07) is 16.8. The van der Waals surface area contributed by atoms with Crippen LogP contribution in [0.2, 0.25) is 0 Å². The van der Waals surface area contributed by atoms with Gasteiger partial charge in [0.05, 0.1) is 4.88 Å². The fourth-order valence-corrected chi connectivity index (χ4v) is 3.70. The fourth-order valence-electron chi connectivity index (χ4n) is 2.45. The molecular weight excluding hydrogens is 364 g/mol. The van der Waals surface area contributed by atoms with Crippen molar-refractivity contribution in [1.29, 1.82) is 0 Å². The summed E-state index contributed by atoms with van der Waals surface area (Å²) in [7, 11) is 0. The molecule has 1 N–H and O–H groups in total. The number of hydrogen-bond donors (Lipinski definition) is 1. The maximum absolute atomic E-state index is 12.5. The largest absolute Gasteiger partial charge is 0.329 e. The molecule has 0 spiro atoms. The van der Waals surface area contributed by atoms with E-state index in [1.165, 1.54) is 11.3 Å². The van der Waals surface area contributed by atoms with E-state index in [0.29, 0.717) is 20.9 Å². The monoisotopic (exact) mass is 382 g/mol. The summed E-state index contributed by atoms with van der Waals surface area (Å²) in [5.41, 5.74) is 2.55. The van der Waals surface area contributed by atoms with Gasteiger partial charge >= 0.3 is 0 Å². The molecule has 0 aliphatic heterocycles. The third-order valence-corrected chi connectivity index (χ3v) is 5.28. The van der Waals surface area contributed by atoms with Crippen LogP contribution in [0.25, 0.3) is 0 Å². The van der Waals surface area contributed by atoms with Crippen molar-refractivity contribution in [3.05, 3.63) is 80.8 Å². The number of amides is 1. The van der Waals surface area contributed by atoms with Crippen LogP contribution in [0.3, 0.4) is 0 Å². The molecule has 132 valence electrons. The van der Waals surface area contributed by atoms with E-state index in [4.69, 9.17) is 12.2 Å². The first-order valence-electron chi connectivity index (χ1n) is 8.19. The van der Waals surface area contributed by atoms with Gasteiger partial charge in [0, 0.05) is 30.4 Å². The highest BCUT2D eigenvalue weighted by Crippen LogP contribution is 2.18. The number of aromatic nitrogens is 1. The molecule has 6 heteroatoms. The Morgan fingerprint density at radius 2 is 1.77 bits per heavy atom. The lowest BCUT2D eigenvalue weighted by molar-refractivity contribution is -0.116. The first-order valence-corrected chi connectivity index (χ1v) is 9.42. The summed E-state index contributed by atoms with van der Waals surface area (Å²) in [5, 5.41) is 2.86. The van der Waals surface area contributed by atoms with Gasteiger partial charge < -0.3 is 9.88 Å². The molecule has 0 atom stereocenters. The second-order valence-corrected chi connectivity index (χ2v) is 7.59. The molecule has 26 heavy (non-hydrogen) atoms. The van der Waals surface area contributed by atoms with Gasteiger partial charge in [-0.3, -0.25) is 9.59 Å². The number of carbonyl (C=O) groups excluding carboxylic acids is 2. The molecule has 3 rings (SSSR count). The highest BCUT2D eigenvalue weighted by molar-refractivity contribution is 7.73. The van der Waals surface area contributed by atoms with Gasteiger partial charge in [0.1, 0.15) is 0 Å². The van der Waals surface area contributed by atoms with Crippen molar-refractivity contribution >= 4 is 40.9 Å². The number of thiazole rings is 1. The topological polar surface area (TPSA) is 51.1 Å². The van der Waals surface area contributed by atoms with E-state index < -0.39 is 0 Å². The number of aryl methyl sites for hydroxylation is 2. The van der Waals surface area contributed by atoms with Crippen molar-refractivity contribution in [3.63, 3.8) is 0 Å². The molecule has 4 nitrogen and oxygen atoms in total. The van der Waals surface area contributed by atoms with Crippen LogP contribution in [0.5, 0.6) is 0 Å². The van der Waals surface area contributed by atoms with Gasteiger partial charge in [-0.1, -0.05) is 48.0 Å². The van der Waals surface area contributed by atoms with Crippen LogP contribution in [0.4, 0.5) is 5.69 Å². The summed E-state index contributed by atoms with van der Waals surface area (Å²) >= 11 is 6.61. The molecule has 0 fully saturated rings. The van der Waals surface area contributed by atoms with Crippen LogP contribution in [-0.4, -0.2) is 16.3 Å². The van der Waals surface area contributed by atoms with E-state index in [-0.39, 0.29) is 18.1 Å². The average molecular weight is 383 g/mol. The molecule has 0 aliphatic carbocycles. The molecule has 0 saturated heterocycles. The number of carbonyl (C=O) groups is 2. The van der Waals surface area contributed by atoms with Crippen LogP contribution >= 0.6 is 23.6 Å². The van der Waals surface area contributed by atoms with Gasteiger partial charge in [0.15, 0.2) is 3.95 Å². The minimum atomic E-state index is -0.0853. The van der Waals surface area contributed by atoms with Gasteiger partial charge in [0.2, 0.25) is 11.7 Å². The zero-order valence-corrected chi connectivity index (χ0v) is 15.9. The highest BCUT2D eigenvalue weighted by Gasteiger charge is 2.13. The van der Waals surface area contributed by atoms with Crippen molar-refractivity contribution in [2.75, 3.05) is 5.32 Å². The molecule has 0 bridgehead atoms. The van der Waals surface area contributed by atoms with Gasteiger partial charge in [-0.05, 0) is 31.3 Å². The lowest BCUT2D eigenvalue weighted by Gasteiger charge is -2.06. The third kappa shape index (κ3) is 4.53. The van der Waals surface area contributed by atoms with Crippen LogP contribution in [-0.2, 0) is 11.3 Å². The average Bonchev–Trinajstić information content (AvgIpc) is 3.03. The van der Waals surface area contributed by atoms with Crippen LogP contribution in [0.15, 0.2) is 60.8 Å². The molecule has 1 amide bonds. The second kappa shape index (κ2) is 8.21. The Balaban J connectivity index is 1.63. The fraction of sp³-hybridized carbons (Fsp3) is 0.150. The predicted molar refractivity (Wildman–Crippen MR) is 107 cm³/mol. The Kier molecular flexibility index (Phi) is 5.75. The minimum Gasteiger partial charge on any atom is -0.329 e. The lowest BCUT2D eigenvalue weighted by atomic mass is 10.1. The Morgan fingerprint density at radius 1 is 1.08 bits per heavy atom. The molecule has 0 radical (unpaired) electrons. The van der Waals surface area contributed by atoms with Gasteiger partial charge in [0.25, 0.3) is 0 Å². The molecule has 1 aromatic heterocycles. The van der Waals surface area contributed by atoms with Crippen molar-refractivity contribution in [2.24, 2.45) is 0 Å². The van der Waals surface area contributed by atoms with Crippen LogP contribution in [0.1, 0.15) is 27.2 Å². The summed E-state index contributed by atoms with van der Waals surface area (Å²) in [6.07, 6.45) is 2.03.